The van der Waals surface area contributed by atoms with Gasteiger partial charge in [0.15, 0.2) is 0 Å². The predicted molar refractivity (Wildman–Crippen MR) is 125 cm³/mol. The molecule has 6 rings (SSSR count). The number of hydrogen-bond acceptors (Lipinski definition) is 6. The number of esters is 1. The number of hydrogen-bond donors (Lipinski definition) is 0. The number of rotatable bonds is 8. The van der Waals surface area contributed by atoms with E-state index in [2.05, 4.69) is 39.4 Å². The van der Waals surface area contributed by atoms with E-state index in [4.69, 9.17) is 9.15 Å². The fraction of sp³-hybridized carbons (Fsp3) is 0.444. The van der Waals surface area contributed by atoms with Crippen LogP contribution >= 0.6 is 0 Å². The molecular formula is C27H31N3O3. The van der Waals surface area contributed by atoms with Gasteiger partial charge < -0.3 is 14.1 Å². The van der Waals surface area contributed by atoms with E-state index in [1.807, 2.05) is 36.4 Å². The lowest BCUT2D eigenvalue weighted by Crippen LogP contribution is -2.49. The molecule has 3 aromatic rings. The molecule has 0 radical (unpaired) electrons. The van der Waals surface area contributed by atoms with E-state index >= 15 is 0 Å². The number of nitrogens with zero attached hydrogens (tertiary/aromatic N) is 3. The first-order valence-corrected chi connectivity index (χ1v) is 12.1. The van der Waals surface area contributed by atoms with Crippen molar-refractivity contribution >= 4 is 5.97 Å². The highest BCUT2D eigenvalue weighted by Crippen LogP contribution is 2.43. The summed E-state index contributed by atoms with van der Waals surface area (Å²) < 4.78 is 11.2. The van der Waals surface area contributed by atoms with Crippen LogP contribution in [-0.2, 0) is 10.2 Å². The van der Waals surface area contributed by atoms with Gasteiger partial charge in [0.1, 0.15) is 0 Å². The first-order chi connectivity index (χ1) is 16.2. The molecule has 1 saturated carbocycles. The molecule has 0 amide bonds. The van der Waals surface area contributed by atoms with Crippen molar-refractivity contribution in [2.24, 2.45) is 5.92 Å². The zero-order valence-corrected chi connectivity index (χ0v) is 19.2. The van der Waals surface area contributed by atoms with Crippen LogP contribution in [0.1, 0.15) is 66.7 Å². The van der Waals surface area contributed by atoms with Gasteiger partial charge in [-0.3, -0.25) is 0 Å². The molecule has 1 aliphatic carbocycles. The standard InChI is InChI=1S/C27H31N3O3/c1-2-32-25(31)24-28-29-26(33-24)27(21-9-5-3-6-10-21,22-11-7-4-8-12-22)17-18-30-19-20-13-15-23(30)16-14-20/h3-12,20,23H,2,13-19H2,1H3. The smallest absolute Gasteiger partial charge is 0.396 e. The van der Waals surface area contributed by atoms with Crippen molar-refractivity contribution in [2.75, 3.05) is 19.7 Å². The average Bonchev–Trinajstić information content (AvgIpc) is 3.38. The Labute approximate surface area is 195 Å². The summed E-state index contributed by atoms with van der Waals surface area (Å²) >= 11 is 0. The number of ether oxygens (including phenoxy) is 1. The predicted octanol–water partition coefficient (Wildman–Crippen LogP) is 4.85. The summed E-state index contributed by atoms with van der Waals surface area (Å²) in [4.78, 5) is 15.0. The summed E-state index contributed by atoms with van der Waals surface area (Å²) in [6, 6.07) is 21.3. The Morgan fingerprint density at radius 3 is 2.18 bits per heavy atom. The Balaban J connectivity index is 1.57. The molecule has 33 heavy (non-hydrogen) atoms. The van der Waals surface area contributed by atoms with Crippen LogP contribution in [0.2, 0.25) is 0 Å². The maximum absolute atomic E-state index is 12.3. The second-order valence-corrected chi connectivity index (χ2v) is 9.19. The van der Waals surface area contributed by atoms with Crippen molar-refractivity contribution < 1.29 is 13.9 Å². The van der Waals surface area contributed by atoms with Crippen LogP contribution in [-0.4, -0.2) is 46.8 Å². The molecular weight excluding hydrogens is 414 g/mol. The van der Waals surface area contributed by atoms with Crippen molar-refractivity contribution in [3.05, 3.63) is 83.6 Å². The second kappa shape index (κ2) is 9.48. The summed E-state index contributed by atoms with van der Waals surface area (Å²) in [5.74, 6) is 0.571. The van der Waals surface area contributed by atoms with Gasteiger partial charge in [0.2, 0.25) is 5.89 Å². The molecule has 2 saturated heterocycles. The Kier molecular flexibility index (Phi) is 6.27. The van der Waals surface area contributed by atoms with Crippen LogP contribution in [0.15, 0.2) is 65.1 Å². The highest BCUT2D eigenvalue weighted by molar-refractivity contribution is 5.83. The molecule has 2 bridgehead atoms. The number of fused-ring (bicyclic) bond motifs is 3. The quantitative estimate of drug-likeness (QED) is 0.462. The van der Waals surface area contributed by atoms with Crippen LogP contribution in [0.4, 0.5) is 0 Å². The fourth-order valence-corrected chi connectivity index (χ4v) is 5.68. The van der Waals surface area contributed by atoms with E-state index in [0.717, 1.165) is 30.0 Å². The average molecular weight is 446 g/mol. The minimum absolute atomic E-state index is 0.0971. The number of carbonyl (C=O) groups excluding carboxylic acids is 1. The van der Waals surface area contributed by atoms with Crippen LogP contribution < -0.4 is 0 Å². The molecule has 2 aliphatic heterocycles. The van der Waals surface area contributed by atoms with Gasteiger partial charge in [-0.1, -0.05) is 60.7 Å². The normalized spacial score (nSPS) is 20.6. The van der Waals surface area contributed by atoms with Gasteiger partial charge in [-0.2, -0.15) is 0 Å². The van der Waals surface area contributed by atoms with Crippen LogP contribution in [0.5, 0.6) is 0 Å². The van der Waals surface area contributed by atoms with Gasteiger partial charge in [0.05, 0.1) is 12.0 Å². The molecule has 3 fully saturated rings. The summed E-state index contributed by atoms with van der Waals surface area (Å²) in [7, 11) is 0. The van der Waals surface area contributed by atoms with Crippen LogP contribution in [0.25, 0.3) is 0 Å². The highest BCUT2D eigenvalue weighted by Gasteiger charge is 2.43. The van der Waals surface area contributed by atoms with E-state index in [-0.39, 0.29) is 12.5 Å². The van der Waals surface area contributed by atoms with Crippen LogP contribution in [0.3, 0.4) is 0 Å². The molecule has 0 unspecified atom stereocenters. The molecule has 1 aromatic heterocycles. The maximum Gasteiger partial charge on any atom is 0.396 e. The zero-order chi connectivity index (χ0) is 22.7. The number of piperidine rings is 2. The first-order valence-electron chi connectivity index (χ1n) is 12.1. The monoisotopic (exact) mass is 445 g/mol. The molecule has 172 valence electrons. The summed E-state index contributed by atoms with van der Waals surface area (Å²) in [5.41, 5.74) is 1.51. The summed E-state index contributed by atoms with van der Waals surface area (Å²) in [6.45, 7) is 4.13. The molecule has 0 atom stereocenters. The third-order valence-electron chi connectivity index (χ3n) is 7.37. The fourth-order valence-electron chi connectivity index (χ4n) is 5.68. The lowest BCUT2D eigenvalue weighted by Gasteiger charge is -2.46. The Morgan fingerprint density at radius 2 is 1.64 bits per heavy atom. The van der Waals surface area contributed by atoms with Gasteiger partial charge in [0, 0.05) is 19.1 Å². The molecule has 2 aromatic carbocycles. The van der Waals surface area contributed by atoms with Gasteiger partial charge in [0.25, 0.3) is 0 Å². The maximum atomic E-state index is 12.3. The van der Waals surface area contributed by atoms with E-state index in [1.54, 1.807) is 6.92 Å². The second-order valence-electron chi connectivity index (χ2n) is 9.19. The van der Waals surface area contributed by atoms with Gasteiger partial charge in [-0.15, -0.1) is 10.2 Å². The molecule has 6 heteroatoms. The van der Waals surface area contributed by atoms with Crippen molar-refractivity contribution in [2.45, 2.75) is 50.5 Å². The lowest BCUT2D eigenvalue weighted by atomic mass is 9.71. The minimum Gasteiger partial charge on any atom is -0.459 e. The highest BCUT2D eigenvalue weighted by atomic mass is 16.5. The van der Waals surface area contributed by atoms with E-state index < -0.39 is 11.4 Å². The summed E-state index contributed by atoms with van der Waals surface area (Å²) in [5, 5.41) is 8.50. The largest absolute Gasteiger partial charge is 0.459 e. The van der Waals surface area contributed by atoms with E-state index in [1.165, 1.54) is 32.2 Å². The van der Waals surface area contributed by atoms with E-state index in [9.17, 15) is 4.79 Å². The van der Waals surface area contributed by atoms with Crippen molar-refractivity contribution in [3.8, 4) is 0 Å². The molecule has 6 nitrogen and oxygen atoms in total. The van der Waals surface area contributed by atoms with Gasteiger partial charge >= 0.3 is 11.9 Å². The van der Waals surface area contributed by atoms with Gasteiger partial charge in [-0.25, -0.2) is 4.79 Å². The third-order valence-corrected chi connectivity index (χ3v) is 7.37. The minimum atomic E-state index is -0.656. The van der Waals surface area contributed by atoms with Gasteiger partial charge in [-0.05, 0) is 56.1 Å². The molecule has 3 heterocycles. The Hall–Kier alpha value is -2.99. The third kappa shape index (κ3) is 4.20. The Morgan fingerprint density at radius 1 is 1.00 bits per heavy atom. The Bertz CT molecular complexity index is 1020. The van der Waals surface area contributed by atoms with Crippen LogP contribution in [0, 0.1) is 5.92 Å². The van der Waals surface area contributed by atoms with Crippen molar-refractivity contribution in [1.29, 1.82) is 0 Å². The zero-order valence-electron chi connectivity index (χ0n) is 19.2. The summed E-state index contributed by atoms with van der Waals surface area (Å²) in [6.07, 6.45) is 6.09. The number of carbonyl (C=O) groups is 1. The first kappa shape index (κ1) is 21.8. The number of aromatic nitrogens is 2. The molecule has 0 spiro atoms. The lowest BCUT2D eigenvalue weighted by molar-refractivity contribution is 0.0437. The van der Waals surface area contributed by atoms with Crippen molar-refractivity contribution in [3.63, 3.8) is 0 Å². The number of benzene rings is 2. The van der Waals surface area contributed by atoms with E-state index in [0.29, 0.717) is 11.9 Å². The topological polar surface area (TPSA) is 68.5 Å². The molecule has 0 N–H and O–H groups in total. The SMILES string of the molecule is CCOC(=O)c1nnc(C(CCN2CC3CCC2CC3)(c2ccccc2)c2ccccc2)o1. The molecule has 3 aliphatic rings. The van der Waals surface area contributed by atoms with Crippen molar-refractivity contribution in [1.82, 2.24) is 15.1 Å².